The molecule has 1 aliphatic rings. The van der Waals surface area contributed by atoms with Gasteiger partial charge in [0, 0.05) is 38.9 Å². The molecule has 0 unspecified atom stereocenters. The van der Waals surface area contributed by atoms with Gasteiger partial charge in [-0.3, -0.25) is 9.48 Å². The molecule has 8 nitrogen and oxygen atoms in total. The van der Waals surface area contributed by atoms with Gasteiger partial charge in [0.25, 0.3) is 5.91 Å². The molecule has 1 aromatic rings. The number of nitrogens with two attached hydrogens (primary N) is 1. The third kappa shape index (κ3) is 4.14. The Labute approximate surface area is 136 Å². The summed E-state index contributed by atoms with van der Waals surface area (Å²) in [5, 5.41) is 4.20. The van der Waals surface area contributed by atoms with E-state index in [4.69, 9.17) is 10.5 Å². The summed E-state index contributed by atoms with van der Waals surface area (Å²) in [5.74, 6) is -0.196. The molecule has 1 saturated heterocycles. The van der Waals surface area contributed by atoms with Crippen LogP contribution in [0.15, 0.2) is 6.20 Å². The number of carbonyl (C=O) groups is 2. The minimum Gasteiger partial charge on any atom is -0.444 e. The molecule has 0 aliphatic carbocycles. The van der Waals surface area contributed by atoms with Gasteiger partial charge in [-0.05, 0) is 27.7 Å². The highest BCUT2D eigenvalue weighted by Crippen LogP contribution is 2.16. The van der Waals surface area contributed by atoms with E-state index in [-0.39, 0.29) is 17.7 Å². The number of hydrogen-bond acceptors (Lipinski definition) is 5. The summed E-state index contributed by atoms with van der Waals surface area (Å²) in [6.45, 7) is 9.84. The Bertz CT molecular complexity index is 582. The average Bonchev–Trinajstić information content (AvgIpc) is 2.86. The maximum Gasteiger partial charge on any atom is 0.410 e. The summed E-state index contributed by atoms with van der Waals surface area (Å²) in [6, 6.07) is 0. The van der Waals surface area contributed by atoms with E-state index in [1.165, 1.54) is 0 Å². The number of hydrogen-bond donors (Lipinski definition) is 1. The summed E-state index contributed by atoms with van der Waals surface area (Å²) in [7, 11) is 0. The maximum absolute atomic E-state index is 12.5. The van der Waals surface area contributed by atoms with Crippen molar-refractivity contribution in [3.8, 4) is 0 Å². The predicted molar refractivity (Wildman–Crippen MR) is 86.0 cm³/mol. The molecule has 1 aromatic heterocycles. The van der Waals surface area contributed by atoms with Gasteiger partial charge in [0.05, 0.1) is 5.69 Å². The molecule has 0 bridgehead atoms. The van der Waals surface area contributed by atoms with Gasteiger partial charge in [0.2, 0.25) is 0 Å². The summed E-state index contributed by atoms with van der Waals surface area (Å²) in [6.07, 6.45) is 1.31. The number of aromatic nitrogens is 2. The lowest BCUT2D eigenvalue weighted by molar-refractivity contribution is 0.0140. The van der Waals surface area contributed by atoms with E-state index in [0.29, 0.717) is 38.4 Å². The zero-order chi connectivity index (χ0) is 17.2. The van der Waals surface area contributed by atoms with Gasteiger partial charge in [-0.2, -0.15) is 5.10 Å². The first-order valence-corrected chi connectivity index (χ1v) is 7.81. The van der Waals surface area contributed by atoms with Gasteiger partial charge < -0.3 is 20.3 Å². The van der Waals surface area contributed by atoms with E-state index in [0.717, 1.165) is 0 Å². The van der Waals surface area contributed by atoms with Crippen LogP contribution in [0.25, 0.3) is 0 Å². The van der Waals surface area contributed by atoms with Crippen LogP contribution in [0.2, 0.25) is 0 Å². The molecule has 8 heteroatoms. The molecule has 2 amide bonds. The fourth-order valence-electron chi connectivity index (χ4n) is 2.33. The summed E-state index contributed by atoms with van der Waals surface area (Å²) < 4.78 is 6.98. The number of amides is 2. The van der Waals surface area contributed by atoms with Crippen molar-refractivity contribution in [3.63, 3.8) is 0 Å². The fourth-order valence-corrected chi connectivity index (χ4v) is 2.33. The van der Waals surface area contributed by atoms with Crippen molar-refractivity contribution in [1.29, 1.82) is 0 Å². The molecular formula is C15H25N5O3. The quantitative estimate of drug-likeness (QED) is 0.882. The van der Waals surface area contributed by atoms with Gasteiger partial charge in [-0.25, -0.2) is 4.79 Å². The Morgan fingerprint density at radius 1 is 1.22 bits per heavy atom. The van der Waals surface area contributed by atoms with Crippen molar-refractivity contribution in [3.05, 3.63) is 11.9 Å². The molecule has 2 rings (SSSR count). The van der Waals surface area contributed by atoms with Gasteiger partial charge in [-0.15, -0.1) is 0 Å². The van der Waals surface area contributed by atoms with E-state index in [1.807, 2.05) is 27.7 Å². The highest BCUT2D eigenvalue weighted by molar-refractivity contribution is 5.97. The normalized spacial score (nSPS) is 15.7. The summed E-state index contributed by atoms with van der Waals surface area (Å²) in [5.41, 5.74) is 5.99. The van der Waals surface area contributed by atoms with E-state index in [9.17, 15) is 9.59 Å². The second kappa shape index (κ2) is 6.47. The number of piperazine rings is 1. The van der Waals surface area contributed by atoms with Crippen LogP contribution in [0.3, 0.4) is 0 Å². The van der Waals surface area contributed by atoms with Crippen LogP contribution in [0.4, 0.5) is 10.5 Å². The summed E-state index contributed by atoms with van der Waals surface area (Å²) >= 11 is 0. The van der Waals surface area contributed by atoms with Crippen LogP contribution in [0, 0.1) is 0 Å². The number of rotatable bonds is 2. The first-order chi connectivity index (χ1) is 10.7. The van der Waals surface area contributed by atoms with Gasteiger partial charge in [0.15, 0.2) is 5.69 Å². The highest BCUT2D eigenvalue weighted by Gasteiger charge is 2.29. The topological polar surface area (TPSA) is 93.7 Å². The Balaban J connectivity index is 1.94. The lowest BCUT2D eigenvalue weighted by atomic mass is 10.2. The first-order valence-electron chi connectivity index (χ1n) is 7.81. The molecular weight excluding hydrogens is 298 g/mol. The zero-order valence-corrected chi connectivity index (χ0v) is 14.2. The monoisotopic (exact) mass is 323 g/mol. The zero-order valence-electron chi connectivity index (χ0n) is 14.2. The van der Waals surface area contributed by atoms with Gasteiger partial charge in [-0.1, -0.05) is 0 Å². The summed E-state index contributed by atoms with van der Waals surface area (Å²) in [4.78, 5) is 27.8. The van der Waals surface area contributed by atoms with E-state index < -0.39 is 5.60 Å². The molecule has 1 aliphatic heterocycles. The van der Waals surface area contributed by atoms with Crippen molar-refractivity contribution < 1.29 is 14.3 Å². The molecule has 2 heterocycles. The number of aryl methyl sites for hydroxylation is 1. The number of nitrogen functional groups attached to an aromatic ring is 1. The molecule has 128 valence electrons. The van der Waals surface area contributed by atoms with Crippen LogP contribution < -0.4 is 5.73 Å². The largest absolute Gasteiger partial charge is 0.444 e. The molecule has 0 spiro atoms. The minimum atomic E-state index is -0.522. The molecule has 0 radical (unpaired) electrons. The minimum absolute atomic E-state index is 0.196. The Morgan fingerprint density at radius 2 is 1.78 bits per heavy atom. The number of carbonyl (C=O) groups excluding carboxylic acids is 2. The van der Waals surface area contributed by atoms with Crippen LogP contribution >= 0.6 is 0 Å². The first kappa shape index (κ1) is 17.1. The molecule has 2 N–H and O–H groups in total. The van der Waals surface area contributed by atoms with Gasteiger partial charge >= 0.3 is 6.09 Å². The molecule has 0 atom stereocenters. The third-order valence-electron chi connectivity index (χ3n) is 3.54. The van der Waals surface area contributed by atoms with E-state index in [1.54, 1.807) is 20.7 Å². The van der Waals surface area contributed by atoms with E-state index >= 15 is 0 Å². The van der Waals surface area contributed by atoms with Crippen molar-refractivity contribution in [2.45, 2.75) is 39.8 Å². The van der Waals surface area contributed by atoms with Crippen LogP contribution in [-0.4, -0.2) is 63.4 Å². The van der Waals surface area contributed by atoms with Crippen LogP contribution in [-0.2, 0) is 11.3 Å². The van der Waals surface area contributed by atoms with Crippen LogP contribution in [0.1, 0.15) is 38.2 Å². The molecule has 1 fully saturated rings. The lowest BCUT2D eigenvalue weighted by Crippen LogP contribution is -2.51. The second-order valence-corrected chi connectivity index (χ2v) is 6.55. The molecule has 23 heavy (non-hydrogen) atoms. The standard InChI is InChI=1S/C15H25N5O3/c1-5-20-10-11(16)12(17-20)13(21)18-6-8-19(9-7-18)14(22)23-15(2,3)4/h10H,5-9,16H2,1-4H3. The smallest absolute Gasteiger partial charge is 0.410 e. The number of nitrogens with zero attached hydrogens (tertiary/aromatic N) is 4. The Morgan fingerprint density at radius 3 is 2.26 bits per heavy atom. The van der Waals surface area contributed by atoms with Crippen molar-refractivity contribution in [1.82, 2.24) is 19.6 Å². The molecule has 0 aromatic carbocycles. The lowest BCUT2D eigenvalue weighted by Gasteiger charge is -2.35. The van der Waals surface area contributed by atoms with E-state index in [2.05, 4.69) is 5.10 Å². The third-order valence-corrected chi connectivity index (χ3v) is 3.54. The predicted octanol–water partition coefficient (Wildman–Crippen LogP) is 1.18. The molecule has 0 saturated carbocycles. The van der Waals surface area contributed by atoms with Crippen molar-refractivity contribution in [2.75, 3.05) is 31.9 Å². The Kier molecular flexibility index (Phi) is 4.82. The fraction of sp³-hybridized carbons (Fsp3) is 0.667. The average molecular weight is 323 g/mol. The van der Waals surface area contributed by atoms with Gasteiger partial charge in [0.1, 0.15) is 5.60 Å². The Hall–Kier alpha value is -2.25. The van der Waals surface area contributed by atoms with Crippen molar-refractivity contribution in [2.24, 2.45) is 0 Å². The second-order valence-electron chi connectivity index (χ2n) is 6.55. The van der Waals surface area contributed by atoms with Crippen molar-refractivity contribution >= 4 is 17.7 Å². The number of anilines is 1. The van der Waals surface area contributed by atoms with Crippen LogP contribution in [0.5, 0.6) is 0 Å². The number of ether oxygens (including phenoxy) is 1. The highest BCUT2D eigenvalue weighted by atomic mass is 16.6. The maximum atomic E-state index is 12.5. The SMILES string of the molecule is CCn1cc(N)c(C(=O)N2CCN(C(=O)OC(C)(C)C)CC2)n1.